The van der Waals surface area contributed by atoms with Gasteiger partial charge in [0.15, 0.2) is 0 Å². The van der Waals surface area contributed by atoms with Crippen LogP contribution < -0.4 is 4.74 Å². The predicted octanol–water partition coefficient (Wildman–Crippen LogP) is 4.50. The summed E-state index contributed by atoms with van der Waals surface area (Å²) < 4.78 is 5.52. The summed E-state index contributed by atoms with van der Waals surface area (Å²) in [4.78, 5) is 0. The van der Waals surface area contributed by atoms with Crippen molar-refractivity contribution in [2.75, 3.05) is 6.61 Å². The zero-order valence-electron chi connectivity index (χ0n) is 10.2. The fourth-order valence-electron chi connectivity index (χ4n) is 1.66. The summed E-state index contributed by atoms with van der Waals surface area (Å²) >= 11 is 5.78. The van der Waals surface area contributed by atoms with Gasteiger partial charge in [-0.3, -0.25) is 0 Å². The van der Waals surface area contributed by atoms with Crippen LogP contribution in [0.15, 0.2) is 42.5 Å². The minimum Gasteiger partial charge on any atom is -0.506 e. The second kappa shape index (κ2) is 5.78. The van der Waals surface area contributed by atoms with Crippen LogP contribution in [-0.2, 0) is 0 Å². The zero-order chi connectivity index (χ0) is 13.0. The Bertz CT molecular complexity index is 521. The van der Waals surface area contributed by atoms with Crippen LogP contribution in [0.2, 0.25) is 5.02 Å². The standard InChI is InChI=1S/C15H15ClO2/c1-2-9-18-13-6-3-11(4-7-13)12-5-8-14(16)15(17)10-12/h3-8,10,17H,2,9H2,1H3. The van der Waals surface area contributed by atoms with E-state index < -0.39 is 0 Å². The Labute approximate surface area is 112 Å². The predicted molar refractivity (Wildman–Crippen MR) is 74.3 cm³/mol. The molecule has 0 bridgehead atoms. The molecule has 0 spiro atoms. The number of ether oxygens (including phenoxy) is 1. The molecule has 0 atom stereocenters. The lowest BCUT2D eigenvalue weighted by atomic mass is 10.1. The molecule has 0 radical (unpaired) electrons. The molecule has 1 N–H and O–H groups in total. The Hall–Kier alpha value is -1.67. The highest BCUT2D eigenvalue weighted by molar-refractivity contribution is 6.32. The SMILES string of the molecule is CCCOc1ccc(-c2ccc(Cl)c(O)c2)cc1. The molecule has 0 aromatic heterocycles. The van der Waals surface area contributed by atoms with E-state index in [1.165, 1.54) is 0 Å². The van der Waals surface area contributed by atoms with Crippen LogP contribution in [0.4, 0.5) is 0 Å². The molecule has 0 fully saturated rings. The van der Waals surface area contributed by atoms with Crippen molar-refractivity contribution < 1.29 is 9.84 Å². The van der Waals surface area contributed by atoms with Crippen LogP contribution >= 0.6 is 11.6 Å². The Kier molecular flexibility index (Phi) is 4.11. The van der Waals surface area contributed by atoms with Gasteiger partial charge in [-0.05, 0) is 41.8 Å². The van der Waals surface area contributed by atoms with Crippen molar-refractivity contribution in [3.8, 4) is 22.6 Å². The van der Waals surface area contributed by atoms with Crippen molar-refractivity contribution in [1.82, 2.24) is 0 Å². The number of hydrogen-bond acceptors (Lipinski definition) is 2. The minimum absolute atomic E-state index is 0.0977. The molecule has 3 heteroatoms. The number of hydrogen-bond donors (Lipinski definition) is 1. The van der Waals surface area contributed by atoms with Gasteiger partial charge in [0.1, 0.15) is 11.5 Å². The van der Waals surface area contributed by atoms with Gasteiger partial charge in [0.2, 0.25) is 0 Å². The average molecular weight is 263 g/mol. The normalized spacial score (nSPS) is 10.3. The largest absolute Gasteiger partial charge is 0.506 e. The first-order chi connectivity index (χ1) is 8.70. The van der Waals surface area contributed by atoms with E-state index in [2.05, 4.69) is 6.92 Å². The number of benzene rings is 2. The van der Waals surface area contributed by atoms with Gasteiger partial charge < -0.3 is 9.84 Å². The monoisotopic (exact) mass is 262 g/mol. The topological polar surface area (TPSA) is 29.5 Å². The molecular formula is C15H15ClO2. The first-order valence-electron chi connectivity index (χ1n) is 5.92. The van der Waals surface area contributed by atoms with Gasteiger partial charge in [-0.2, -0.15) is 0 Å². The fourth-order valence-corrected chi connectivity index (χ4v) is 1.77. The second-order valence-corrected chi connectivity index (χ2v) is 4.45. The van der Waals surface area contributed by atoms with Crippen LogP contribution in [0, 0.1) is 0 Å². The highest BCUT2D eigenvalue weighted by Crippen LogP contribution is 2.30. The van der Waals surface area contributed by atoms with Gasteiger partial charge in [-0.25, -0.2) is 0 Å². The maximum absolute atomic E-state index is 9.58. The Morgan fingerprint density at radius 2 is 1.72 bits per heavy atom. The molecule has 2 rings (SSSR count). The van der Waals surface area contributed by atoms with E-state index in [1.54, 1.807) is 12.1 Å². The summed E-state index contributed by atoms with van der Waals surface area (Å²) in [5.41, 5.74) is 1.95. The Morgan fingerprint density at radius 3 is 2.33 bits per heavy atom. The van der Waals surface area contributed by atoms with Crippen LogP contribution in [0.25, 0.3) is 11.1 Å². The molecule has 94 valence electrons. The van der Waals surface area contributed by atoms with E-state index in [0.717, 1.165) is 29.9 Å². The van der Waals surface area contributed by atoms with Crippen molar-refractivity contribution >= 4 is 11.6 Å². The molecule has 0 aliphatic carbocycles. The number of rotatable bonds is 4. The molecule has 2 aromatic carbocycles. The van der Waals surface area contributed by atoms with Crippen LogP contribution in [0.1, 0.15) is 13.3 Å². The molecule has 2 aromatic rings. The van der Waals surface area contributed by atoms with Gasteiger partial charge in [-0.1, -0.05) is 36.7 Å². The van der Waals surface area contributed by atoms with Crippen LogP contribution in [0.5, 0.6) is 11.5 Å². The van der Waals surface area contributed by atoms with Gasteiger partial charge in [-0.15, -0.1) is 0 Å². The van der Waals surface area contributed by atoms with Gasteiger partial charge in [0.25, 0.3) is 0 Å². The van der Waals surface area contributed by atoms with E-state index in [9.17, 15) is 5.11 Å². The Morgan fingerprint density at radius 1 is 1.06 bits per heavy atom. The van der Waals surface area contributed by atoms with Crippen molar-refractivity contribution in [3.63, 3.8) is 0 Å². The number of aromatic hydroxyl groups is 1. The molecule has 0 saturated heterocycles. The molecule has 0 heterocycles. The summed E-state index contributed by atoms with van der Waals surface area (Å²) in [5, 5.41) is 9.94. The van der Waals surface area contributed by atoms with Crippen LogP contribution in [-0.4, -0.2) is 11.7 Å². The third-order valence-corrected chi connectivity index (χ3v) is 2.93. The quantitative estimate of drug-likeness (QED) is 0.879. The maximum atomic E-state index is 9.58. The third-order valence-electron chi connectivity index (χ3n) is 2.61. The highest BCUT2D eigenvalue weighted by Gasteiger charge is 2.03. The third kappa shape index (κ3) is 2.96. The summed E-state index contributed by atoms with van der Waals surface area (Å²) in [7, 11) is 0. The first-order valence-corrected chi connectivity index (χ1v) is 6.30. The van der Waals surface area contributed by atoms with Gasteiger partial charge in [0.05, 0.1) is 11.6 Å². The van der Waals surface area contributed by atoms with Crippen LogP contribution in [0.3, 0.4) is 0 Å². The summed E-state index contributed by atoms with van der Waals surface area (Å²) in [6, 6.07) is 13.0. The molecule has 0 aliphatic heterocycles. The molecule has 0 aliphatic rings. The summed E-state index contributed by atoms with van der Waals surface area (Å²) in [6.45, 7) is 2.80. The minimum atomic E-state index is 0.0977. The van der Waals surface area contributed by atoms with E-state index >= 15 is 0 Å². The second-order valence-electron chi connectivity index (χ2n) is 4.04. The molecule has 0 amide bonds. The van der Waals surface area contributed by atoms with E-state index in [0.29, 0.717) is 5.02 Å². The maximum Gasteiger partial charge on any atom is 0.134 e. The van der Waals surface area contributed by atoms with E-state index in [4.69, 9.17) is 16.3 Å². The molecule has 2 nitrogen and oxygen atoms in total. The molecular weight excluding hydrogens is 248 g/mol. The fraction of sp³-hybridized carbons (Fsp3) is 0.200. The number of halogens is 1. The highest BCUT2D eigenvalue weighted by atomic mass is 35.5. The lowest BCUT2D eigenvalue weighted by Crippen LogP contribution is -1.94. The van der Waals surface area contributed by atoms with Crippen molar-refractivity contribution in [2.45, 2.75) is 13.3 Å². The molecule has 0 saturated carbocycles. The van der Waals surface area contributed by atoms with E-state index in [1.807, 2.05) is 30.3 Å². The lowest BCUT2D eigenvalue weighted by molar-refractivity contribution is 0.317. The van der Waals surface area contributed by atoms with Gasteiger partial charge in [0, 0.05) is 0 Å². The zero-order valence-corrected chi connectivity index (χ0v) is 10.9. The first kappa shape index (κ1) is 12.8. The van der Waals surface area contributed by atoms with Crippen molar-refractivity contribution in [3.05, 3.63) is 47.5 Å². The number of phenolic OH excluding ortho intramolecular Hbond substituents is 1. The smallest absolute Gasteiger partial charge is 0.134 e. The Balaban J connectivity index is 2.20. The average Bonchev–Trinajstić information content (AvgIpc) is 2.40. The molecule has 0 unspecified atom stereocenters. The summed E-state index contributed by atoms with van der Waals surface area (Å²) in [5.74, 6) is 0.958. The van der Waals surface area contributed by atoms with Gasteiger partial charge >= 0.3 is 0 Å². The van der Waals surface area contributed by atoms with Crippen molar-refractivity contribution in [2.24, 2.45) is 0 Å². The number of phenols is 1. The molecule has 18 heavy (non-hydrogen) atoms. The van der Waals surface area contributed by atoms with E-state index in [-0.39, 0.29) is 5.75 Å². The summed E-state index contributed by atoms with van der Waals surface area (Å²) in [6.07, 6.45) is 0.993. The lowest BCUT2D eigenvalue weighted by Gasteiger charge is -2.07. The van der Waals surface area contributed by atoms with Crippen molar-refractivity contribution in [1.29, 1.82) is 0 Å².